The zero-order chi connectivity index (χ0) is 26.2. The molecule has 1 amide bonds. The normalized spacial score (nSPS) is 19.7. The summed E-state index contributed by atoms with van der Waals surface area (Å²) in [7, 11) is -3.88. The first-order valence-electron chi connectivity index (χ1n) is 12.4. The monoisotopic (exact) mass is 514 g/mol. The lowest BCUT2D eigenvalue weighted by Gasteiger charge is -2.32. The van der Waals surface area contributed by atoms with Crippen LogP contribution in [0.1, 0.15) is 31.4 Å². The number of carbonyl (C=O) groups is 1. The molecule has 0 radical (unpaired) electrons. The minimum absolute atomic E-state index is 0.0270. The van der Waals surface area contributed by atoms with E-state index < -0.39 is 16.1 Å². The molecule has 1 aliphatic heterocycles. The van der Waals surface area contributed by atoms with Crippen LogP contribution in [0.25, 0.3) is 5.57 Å². The maximum Gasteiger partial charge on any atom is 0.414 e. The van der Waals surface area contributed by atoms with Gasteiger partial charge in [0, 0.05) is 11.8 Å². The van der Waals surface area contributed by atoms with E-state index in [1.165, 1.54) is 4.31 Å². The third-order valence-electron chi connectivity index (χ3n) is 6.92. The molecule has 2 atom stereocenters. The Hall–Kier alpha value is -3.84. The summed E-state index contributed by atoms with van der Waals surface area (Å²) in [6.45, 7) is 6.06. The van der Waals surface area contributed by atoms with E-state index in [9.17, 15) is 13.2 Å². The molecule has 7 heteroatoms. The number of benzene rings is 3. The van der Waals surface area contributed by atoms with Gasteiger partial charge in [0.05, 0.1) is 28.9 Å². The zero-order valence-corrected chi connectivity index (χ0v) is 22.0. The summed E-state index contributed by atoms with van der Waals surface area (Å²) in [4.78, 5) is 14.9. The van der Waals surface area contributed by atoms with Crippen molar-refractivity contribution in [1.82, 2.24) is 0 Å². The van der Waals surface area contributed by atoms with Gasteiger partial charge in [0.1, 0.15) is 0 Å². The molecule has 2 aliphatic rings. The number of hydrogen-bond donors (Lipinski definition) is 0. The number of fused-ring (bicyclic) bond motifs is 3. The van der Waals surface area contributed by atoms with Crippen LogP contribution in [0.4, 0.5) is 16.2 Å². The van der Waals surface area contributed by atoms with Gasteiger partial charge < -0.3 is 4.74 Å². The first kappa shape index (κ1) is 24.8. The van der Waals surface area contributed by atoms with Crippen LogP contribution in [0.2, 0.25) is 0 Å². The average molecular weight is 515 g/mol. The SMILES string of the molecule is CCOC(=O)N1c2ccccc2C2=C[C@H](C)C(=CN(c3ccccc3)S(=O)(=O)c3ccc(C)cc3)C[C@@H]21. The molecule has 5 rings (SSSR count). The number of sulfonamides is 1. The highest BCUT2D eigenvalue weighted by Crippen LogP contribution is 2.47. The van der Waals surface area contributed by atoms with Crippen LogP contribution in [-0.2, 0) is 14.8 Å². The van der Waals surface area contributed by atoms with Gasteiger partial charge >= 0.3 is 6.09 Å². The average Bonchev–Trinajstić information content (AvgIpc) is 3.21. The zero-order valence-electron chi connectivity index (χ0n) is 21.2. The Morgan fingerprint density at radius 3 is 2.41 bits per heavy atom. The molecular formula is C30H30N2O4S. The third kappa shape index (κ3) is 4.55. The fourth-order valence-electron chi connectivity index (χ4n) is 5.02. The number of anilines is 2. The molecule has 3 aromatic rings. The molecule has 1 aliphatic carbocycles. The van der Waals surface area contributed by atoms with E-state index in [-0.39, 0.29) is 23.5 Å². The Kier molecular flexibility index (Phi) is 6.65. The number of ether oxygens (including phenoxy) is 1. The fourth-order valence-corrected chi connectivity index (χ4v) is 6.40. The van der Waals surface area contributed by atoms with Crippen molar-refractivity contribution in [2.75, 3.05) is 15.8 Å². The molecule has 0 N–H and O–H groups in total. The van der Waals surface area contributed by atoms with E-state index >= 15 is 0 Å². The summed E-state index contributed by atoms with van der Waals surface area (Å²) < 4.78 is 34.5. The highest BCUT2D eigenvalue weighted by Gasteiger charge is 2.42. The Labute approximate surface area is 218 Å². The molecule has 1 heterocycles. The Bertz CT molecular complexity index is 1480. The molecule has 0 bridgehead atoms. The van der Waals surface area contributed by atoms with E-state index in [1.54, 1.807) is 54.4 Å². The van der Waals surface area contributed by atoms with Crippen molar-refractivity contribution < 1.29 is 17.9 Å². The molecule has 6 nitrogen and oxygen atoms in total. The molecule has 0 saturated carbocycles. The van der Waals surface area contributed by atoms with Crippen LogP contribution >= 0.6 is 0 Å². The van der Waals surface area contributed by atoms with Gasteiger partial charge in [-0.1, -0.05) is 67.1 Å². The molecule has 0 unspecified atom stereocenters. The van der Waals surface area contributed by atoms with Gasteiger partial charge in [0.25, 0.3) is 10.0 Å². The van der Waals surface area contributed by atoms with Crippen molar-refractivity contribution in [3.8, 4) is 0 Å². The van der Waals surface area contributed by atoms with Gasteiger partial charge in [0.2, 0.25) is 0 Å². The topological polar surface area (TPSA) is 66.9 Å². The quantitative estimate of drug-likeness (QED) is 0.388. The van der Waals surface area contributed by atoms with E-state index in [4.69, 9.17) is 4.74 Å². The van der Waals surface area contributed by atoms with E-state index in [0.29, 0.717) is 12.1 Å². The predicted molar refractivity (Wildman–Crippen MR) is 147 cm³/mol. The minimum Gasteiger partial charge on any atom is -0.449 e. The Balaban J connectivity index is 1.59. The molecular weight excluding hydrogens is 484 g/mol. The van der Waals surface area contributed by atoms with Crippen LogP contribution in [0.15, 0.2) is 102 Å². The van der Waals surface area contributed by atoms with Gasteiger partial charge in [-0.05, 0) is 67.7 Å². The van der Waals surface area contributed by atoms with Gasteiger partial charge in [0.15, 0.2) is 0 Å². The lowest BCUT2D eigenvalue weighted by atomic mass is 9.83. The van der Waals surface area contributed by atoms with Crippen LogP contribution < -0.4 is 9.21 Å². The van der Waals surface area contributed by atoms with Gasteiger partial charge in [-0.25, -0.2) is 17.5 Å². The summed E-state index contributed by atoms with van der Waals surface area (Å²) in [6.07, 6.45) is 3.96. The van der Waals surface area contributed by atoms with Crippen LogP contribution in [0.3, 0.4) is 0 Å². The number of rotatable bonds is 5. The first-order valence-corrected chi connectivity index (χ1v) is 13.9. The molecule has 0 saturated heterocycles. The predicted octanol–water partition coefficient (Wildman–Crippen LogP) is 6.54. The van der Waals surface area contributed by atoms with Crippen molar-refractivity contribution in [3.05, 3.63) is 108 Å². The van der Waals surface area contributed by atoms with Gasteiger partial charge in [-0.3, -0.25) is 4.90 Å². The minimum atomic E-state index is -3.88. The first-order chi connectivity index (χ1) is 17.8. The Morgan fingerprint density at radius 2 is 1.70 bits per heavy atom. The van der Waals surface area contributed by atoms with Gasteiger partial charge in [-0.15, -0.1) is 0 Å². The summed E-state index contributed by atoms with van der Waals surface area (Å²) in [5.41, 5.74) is 5.35. The van der Waals surface area contributed by atoms with Crippen molar-refractivity contribution in [2.24, 2.45) is 5.92 Å². The summed E-state index contributed by atoms with van der Waals surface area (Å²) in [5, 5.41) is 0. The van der Waals surface area contributed by atoms with Gasteiger partial charge in [-0.2, -0.15) is 0 Å². The standard InChI is InChI=1S/C30H30N2O4S/c1-4-36-30(33)32-28-13-9-8-12-26(28)27-18-22(3)23(19-29(27)32)20-31(24-10-6-5-7-11-24)37(34,35)25-16-14-21(2)15-17-25/h5-18,20,22,29H,4,19H2,1-3H3/t22-,29-/m0/s1. The number of para-hydroxylation sites is 2. The highest BCUT2D eigenvalue weighted by molar-refractivity contribution is 7.93. The van der Waals surface area contributed by atoms with Crippen molar-refractivity contribution in [1.29, 1.82) is 0 Å². The molecule has 0 fully saturated rings. The van der Waals surface area contributed by atoms with Crippen molar-refractivity contribution >= 4 is 33.1 Å². The molecule has 190 valence electrons. The second kappa shape index (κ2) is 9.90. The number of allylic oxidation sites excluding steroid dienone is 1. The van der Waals surface area contributed by atoms with Crippen LogP contribution in [0.5, 0.6) is 0 Å². The molecule has 3 aromatic carbocycles. The number of nitrogens with zero attached hydrogens (tertiary/aromatic N) is 2. The second-order valence-corrected chi connectivity index (χ2v) is 11.2. The second-order valence-electron chi connectivity index (χ2n) is 9.37. The van der Waals surface area contributed by atoms with E-state index in [1.807, 2.05) is 49.4 Å². The van der Waals surface area contributed by atoms with E-state index in [2.05, 4.69) is 13.0 Å². The van der Waals surface area contributed by atoms with Crippen LogP contribution in [-0.4, -0.2) is 27.2 Å². The lowest BCUT2D eigenvalue weighted by Crippen LogP contribution is -2.40. The largest absolute Gasteiger partial charge is 0.449 e. The van der Waals surface area contributed by atoms with Crippen molar-refractivity contribution in [2.45, 2.75) is 38.1 Å². The van der Waals surface area contributed by atoms with Crippen LogP contribution in [0, 0.1) is 12.8 Å². The van der Waals surface area contributed by atoms with E-state index in [0.717, 1.165) is 28.0 Å². The number of amides is 1. The fraction of sp³-hybridized carbons (Fsp3) is 0.233. The maximum atomic E-state index is 13.9. The lowest BCUT2D eigenvalue weighted by molar-refractivity contribution is 0.158. The third-order valence-corrected chi connectivity index (χ3v) is 8.63. The summed E-state index contributed by atoms with van der Waals surface area (Å²) >= 11 is 0. The molecule has 0 spiro atoms. The smallest absolute Gasteiger partial charge is 0.414 e. The summed E-state index contributed by atoms with van der Waals surface area (Å²) in [5.74, 6) is -0.0270. The molecule has 0 aromatic heterocycles. The number of carbonyl (C=O) groups excluding carboxylic acids is 1. The summed E-state index contributed by atoms with van der Waals surface area (Å²) in [6, 6.07) is 23.5. The highest BCUT2D eigenvalue weighted by atomic mass is 32.2. The number of hydrogen-bond acceptors (Lipinski definition) is 4. The molecule has 37 heavy (non-hydrogen) atoms. The maximum absolute atomic E-state index is 13.9. The number of aryl methyl sites for hydroxylation is 1. The van der Waals surface area contributed by atoms with Crippen molar-refractivity contribution in [3.63, 3.8) is 0 Å². The Morgan fingerprint density at radius 1 is 1.03 bits per heavy atom.